The number of nitro groups is 1. The van der Waals surface area contributed by atoms with Crippen molar-refractivity contribution < 1.29 is 4.92 Å². The van der Waals surface area contributed by atoms with Gasteiger partial charge in [0, 0.05) is 17.1 Å². The maximum Gasteiger partial charge on any atom is 0.287 e. The highest BCUT2D eigenvalue weighted by molar-refractivity contribution is 7.11. The first-order chi connectivity index (χ1) is 9.10. The van der Waals surface area contributed by atoms with Crippen molar-refractivity contribution >= 4 is 22.8 Å². The van der Waals surface area contributed by atoms with Crippen LogP contribution in [0.3, 0.4) is 0 Å². The average Bonchev–Trinajstić information content (AvgIpc) is 2.88. The zero-order valence-corrected chi connectivity index (χ0v) is 11.5. The summed E-state index contributed by atoms with van der Waals surface area (Å²) in [5.74, 6) is 0.603. The first kappa shape index (κ1) is 13.4. The second-order valence-electron chi connectivity index (χ2n) is 4.04. The van der Waals surface area contributed by atoms with Crippen LogP contribution in [0.15, 0.2) is 24.5 Å². The fourth-order valence-electron chi connectivity index (χ4n) is 1.55. The molecule has 0 fully saturated rings. The van der Waals surface area contributed by atoms with E-state index in [9.17, 15) is 10.1 Å². The summed E-state index contributed by atoms with van der Waals surface area (Å²) in [6, 6.07) is 3.06. The van der Waals surface area contributed by atoms with Gasteiger partial charge in [-0.3, -0.25) is 10.1 Å². The molecular formula is C12H14N4O2S. The molecule has 0 saturated heterocycles. The maximum atomic E-state index is 10.5. The molecule has 2 rings (SSSR count). The van der Waals surface area contributed by atoms with Crippen LogP contribution < -0.4 is 5.32 Å². The van der Waals surface area contributed by atoms with Crippen LogP contribution in [0, 0.1) is 10.1 Å². The van der Waals surface area contributed by atoms with Crippen molar-refractivity contribution in [1.82, 2.24) is 9.97 Å². The van der Waals surface area contributed by atoms with Gasteiger partial charge < -0.3 is 5.32 Å². The largest absolute Gasteiger partial charge is 0.361 e. The average molecular weight is 278 g/mol. The van der Waals surface area contributed by atoms with Crippen LogP contribution >= 0.6 is 11.3 Å². The first-order valence-corrected chi connectivity index (χ1v) is 6.73. The Morgan fingerprint density at radius 2 is 2.21 bits per heavy atom. The Labute approximate surface area is 114 Å². The molecule has 2 heterocycles. The Morgan fingerprint density at radius 3 is 2.74 bits per heavy atom. The number of thiazole rings is 1. The molecule has 0 aliphatic rings. The number of aryl methyl sites for hydroxylation is 1. The third-order valence-corrected chi connectivity index (χ3v) is 3.94. The summed E-state index contributed by atoms with van der Waals surface area (Å²) in [5, 5.41) is 14.7. The summed E-state index contributed by atoms with van der Waals surface area (Å²) < 4.78 is 0. The molecule has 1 N–H and O–H groups in total. The highest BCUT2D eigenvalue weighted by atomic mass is 32.1. The molecule has 0 aliphatic heterocycles. The minimum Gasteiger partial charge on any atom is -0.361 e. The highest BCUT2D eigenvalue weighted by Gasteiger charge is 2.11. The van der Waals surface area contributed by atoms with E-state index in [4.69, 9.17) is 0 Å². The predicted octanol–water partition coefficient (Wildman–Crippen LogP) is 3.18. The number of nitrogens with zero attached hydrogens (tertiary/aromatic N) is 3. The fourth-order valence-corrected chi connectivity index (χ4v) is 2.41. The monoisotopic (exact) mass is 278 g/mol. The molecule has 0 amide bonds. The summed E-state index contributed by atoms with van der Waals surface area (Å²) in [5.41, 5.74) is -0.0132. The van der Waals surface area contributed by atoms with Gasteiger partial charge in [0.25, 0.3) is 5.69 Å². The number of aromatic nitrogens is 2. The molecule has 7 heteroatoms. The highest BCUT2D eigenvalue weighted by Crippen LogP contribution is 2.23. The van der Waals surface area contributed by atoms with Crippen molar-refractivity contribution in [3.05, 3.63) is 44.5 Å². The van der Waals surface area contributed by atoms with Gasteiger partial charge >= 0.3 is 0 Å². The van der Waals surface area contributed by atoms with Gasteiger partial charge in [-0.2, -0.15) is 0 Å². The van der Waals surface area contributed by atoms with Crippen LogP contribution in [0.2, 0.25) is 0 Å². The Morgan fingerprint density at radius 1 is 1.42 bits per heavy atom. The summed E-state index contributed by atoms with van der Waals surface area (Å²) in [6.45, 7) is 4.08. The standard InChI is InChI=1S/C12H14N4O2S/c1-3-10-7-14-12(19-10)8(2)15-11-5-4-9(6-13-11)16(17)18/h4-8H,3H2,1-2H3,(H,13,15). The quantitative estimate of drug-likeness (QED) is 0.671. The fraction of sp³-hybridized carbons (Fsp3) is 0.333. The lowest BCUT2D eigenvalue weighted by Gasteiger charge is -2.11. The van der Waals surface area contributed by atoms with Gasteiger partial charge in [-0.25, -0.2) is 9.97 Å². The Bertz CT molecular complexity index is 567. The molecule has 0 aliphatic carbocycles. The van der Waals surface area contributed by atoms with E-state index in [-0.39, 0.29) is 11.7 Å². The summed E-state index contributed by atoms with van der Waals surface area (Å²) in [7, 11) is 0. The van der Waals surface area contributed by atoms with Crippen molar-refractivity contribution in [2.75, 3.05) is 5.32 Å². The number of hydrogen-bond donors (Lipinski definition) is 1. The van der Waals surface area contributed by atoms with Crippen LogP contribution in [0.1, 0.15) is 29.8 Å². The molecule has 1 unspecified atom stereocenters. The van der Waals surface area contributed by atoms with E-state index in [1.807, 2.05) is 13.1 Å². The molecule has 0 aromatic carbocycles. The molecule has 0 spiro atoms. The molecule has 19 heavy (non-hydrogen) atoms. The molecule has 0 bridgehead atoms. The predicted molar refractivity (Wildman–Crippen MR) is 74.4 cm³/mol. The van der Waals surface area contributed by atoms with E-state index < -0.39 is 4.92 Å². The van der Waals surface area contributed by atoms with Crippen molar-refractivity contribution in [3.63, 3.8) is 0 Å². The summed E-state index contributed by atoms with van der Waals surface area (Å²) in [4.78, 5) is 19.7. The Kier molecular flexibility index (Phi) is 4.06. The Hall–Kier alpha value is -2.02. The van der Waals surface area contributed by atoms with Crippen LogP contribution in [-0.4, -0.2) is 14.9 Å². The number of nitrogens with one attached hydrogen (secondary N) is 1. The molecule has 6 nitrogen and oxygen atoms in total. The Balaban J connectivity index is 2.05. The van der Waals surface area contributed by atoms with Crippen molar-refractivity contribution in [1.29, 1.82) is 0 Å². The van der Waals surface area contributed by atoms with Crippen molar-refractivity contribution in [2.24, 2.45) is 0 Å². The molecule has 0 saturated carbocycles. The zero-order chi connectivity index (χ0) is 13.8. The van der Waals surface area contributed by atoms with Gasteiger partial charge in [-0.05, 0) is 19.4 Å². The lowest BCUT2D eigenvalue weighted by Crippen LogP contribution is -2.07. The molecule has 100 valence electrons. The summed E-state index contributed by atoms with van der Waals surface area (Å²) >= 11 is 1.66. The molecular weight excluding hydrogens is 264 g/mol. The topological polar surface area (TPSA) is 81.0 Å². The van der Waals surface area contributed by atoms with Crippen molar-refractivity contribution in [3.8, 4) is 0 Å². The van der Waals surface area contributed by atoms with Gasteiger partial charge in [-0.1, -0.05) is 6.92 Å². The van der Waals surface area contributed by atoms with E-state index in [1.54, 1.807) is 17.4 Å². The van der Waals surface area contributed by atoms with Gasteiger partial charge in [0.05, 0.1) is 11.0 Å². The van der Waals surface area contributed by atoms with Gasteiger partial charge in [0.15, 0.2) is 0 Å². The smallest absolute Gasteiger partial charge is 0.287 e. The molecule has 0 radical (unpaired) electrons. The second-order valence-corrected chi connectivity index (χ2v) is 5.19. The number of anilines is 1. The van der Waals surface area contributed by atoms with E-state index in [2.05, 4.69) is 22.2 Å². The zero-order valence-electron chi connectivity index (χ0n) is 10.7. The van der Waals surface area contributed by atoms with E-state index >= 15 is 0 Å². The minimum atomic E-state index is -0.464. The van der Waals surface area contributed by atoms with Crippen LogP contribution in [0.4, 0.5) is 11.5 Å². The number of pyridine rings is 1. The third kappa shape index (κ3) is 3.25. The first-order valence-electron chi connectivity index (χ1n) is 5.91. The van der Waals surface area contributed by atoms with Crippen LogP contribution in [0.25, 0.3) is 0 Å². The molecule has 2 aromatic rings. The maximum absolute atomic E-state index is 10.5. The van der Waals surface area contributed by atoms with E-state index in [0.29, 0.717) is 5.82 Å². The lowest BCUT2D eigenvalue weighted by atomic mass is 10.3. The van der Waals surface area contributed by atoms with E-state index in [1.165, 1.54) is 17.1 Å². The minimum absolute atomic E-state index is 0.0132. The third-order valence-electron chi connectivity index (χ3n) is 2.61. The second kappa shape index (κ2) is 5.75. The van der Waals surface area contributed by atoms with Crippen LogP contribution in [-0.2, 0) is 6.42 Å². The number of rotatable bonds is 5. The molecule has 2 aromatic heterocycles. The van der Waals surface area contributed by atoms with Gasteiger partial charge in [-0.15, -0.1) is 11.3 Å². The number of hydrogen-bond acceptors (Lipinski definition) is 6. The molecule has 1 atom stereocenters. The SMILES string of the molecule is CCc1cnc(C(C)Nc2ccc([N+](=O)[O-])cn2)s1. The van der Waals surface area contributed by atoms with Crippen LogP contribution in [0.5, 0.6) is 0 Å². The van der Waals surface area contributed by atoms with E-state index in [0.717, 1.165) is 11.4 Å². The van der Waals surface area contributed by atoms with Gasteiger partial charge in [0.2, 0.25) is 0 Å². The summed E-state index contributed by atoms with van der Waals surface area (Å²) in [6.07, 6.45) is 4.09. The van der Waals surface area contributed by atoms with Crippen molar-refractivity contribution in [2.45, 2.75) is 26.3 Å². The lowest BCUT2D eigenvalue weighted by molar-refractivity contribution is -0.385. The van der Waals surface area contributed by atoms with Gasteiger partial charge in [0.1, 0.15) is 17.0 Å². The normalized spacial score (nSPS) is 12.1.